The van der Waals surface area contributed by atoms with Gasteiger partial charge < -0.3 is 4.90 Å². The van der Waals surface area contributed by atoms with E-state index >= 15 is 0 Å². The molecular weight excluding hydrogens is 367 g/mol. The van der Waals surface area contributed by atoms with Crippen molar-refractivity contribution in [2.75, 3.05) is 23.9 Å². The van der Waals surface area contributed by atoms with Crippen molar-refractivity contribution >= 4 is 21.6 Å². The summed E-state index contributed by atoms with van der Waals surface area (Å²) >= 11 is 0. The SMILES string of the molecule is C[C@H]1CCCN(C(=O)CN(c2ccc(F)cc2)S(=O)(=O)c2ccccc2)C1. The number of hydrogen-bond donors (Lipinski definition) is 0. The maximum Gasteiger partial charge on any atom is 0.264 e. The molecule has 2 aromatic carbocycles. The number of halogens is 1. The van der Waals surface area contributed by atoms with Gasteiger partial charge in [-0.1, -0.05) is 25.1 Å². The first-order chi connectivity index (χ1) is 12.9. The standard InChI is InChI=1S/C20H23FN2O3S/c1-16-6-5-13-22(14-16)20(24)15-23(18-11-9-17(21)10-12-18)27(25,26)19-7-3-2-4-8-19/h2-4,7-12,16H,5-6,13-15H2,1H3/t16-/m0/s1. The van der Waals surface area contributed by atoms with Gasteiger partial charge >= 0.3 is 0 Å². The minimum Gasteiger partial charge on any atom is -0.341 e. The second kappa shape index (κ2) is 8.08. The molecule has 27 heavy (non-hydrogen) atoms. The number of carbonyl (C=O) groups excluding carboxylic acids is 1. The molecule has 1 saturated heterocycles. The quantitative estimate of drug-likeness (QED) is 0.787. The fourth-order valence-corrected chi connectivity index (χ4v) is 4.72. The molecule has 3 rings (SSSR count). The first-order valence-electron chi connectivity index (χ1n) is 8.99. The van der Waals surface area contributed by atoms with Gasteiger partial charge in [0.25, 0.3) is 10.0 Å². The average Bonchev–Trinajstić information content (AvgIpc) is 2.67. The normalized spacial score (nSPS) is 17.6. The Morgan fingerprint density at radius 2 is 1.81 bits per heavy atom. The largest absolute Gasteiger partial charge is 0.341 e. The van der Waals surface area contributed by atoms with Crippen LogP contribution in [0.2, 0.25) is 0 Å². The van der Waals surface area contributed by atoms with E-state index in [1.54, 1.807) is 23.1 Å². The van der Waals surface area contributed by atoms with Crippen molar-refractivity contribution in [2.24, 2.45) is 5.92 Å². The van der Waals surface area contributed by atoms with E-state index in [1.165, 1.54) is 36.4 Å². The lowest BCUT2D eigenvalue weighted by Crippen LogP contribution is -2.46. The van der Waals surface area contributed by atoms with Crippen molar-refractivity contribution in [1.29, 1.82) is 0 Å². The van der Waals surface area contributed by atoms with Crippen LogP contribution in [-0.2, 0) is 14.8 Å². The van der Waals surface area contributed by atoms with E-state index < -0.39 is 15.8 Å². The molecule has 0 saturated carbocycles. The van der Waals surface area contributed by atoms with Gasteiger partial charge in [0, 0.05) is 13.1 Å². The van der Waals surface area contributed by atoms with E-state index in [2.05, 4.69) is 6.92 Å². The summed E-state index contributed by atoms with van der Waals surface area (Å²) in [7, 11) is -3.95. The van der Waals surface area contributed by atoms with Crippen LogP contribution >= 0.6 is 0 Å². The first kappa shape index (κ1) is 19.4. The number of hydrogen-bond acceptors (Lipinski definition) is 3. The predicted molar refractivity (Wildman–Crippen MR) is 102 cm³/mol. The van der Waals surface area contributed by atoms with E-state index in [0.717, 1.165) is 17.1 Å². The number of anilines is 1. The lowest BCUT2D eigenvalue weighted by Gasteiger charge is -2.33. The van der Waals surface area contributed by atoms with Gasteiger partial charge in [-0.05, 0) is 55.2 Å². The topological polar surface area (TPSA) is 57.7 Å². The number of nitrogens with zero attached hydrogens (tertiary/aromatic N) is 2. The van der Waals surface area contributed by atoms with Crippen LogP contribution in [0.1, 0.15) is 19.8 Å². The Balaban J connectivity index is 1.93. The molecule has 1 aliphatic rings. The van der Waals surface area contributed by atoms with Crippen molar-refractivity contribution in [2.45, 2.75) is 24.7 Å². The number of carbonyl (C=O) groups is 1. The highest BCUT2D eigenvalue weighted by atomic mass is 32.2. The summed E-state index contributed by atoms with van der Waals surface area (Å²) in [5.41, 5.74) is 0.263. The van der Waals surface area contributed by atoms with Crippen LogP contribution < -0.4 is 4.31 Å². The van der Waals surface area contributed by atoms with Gasteiger partial charge in [-0.15, -0.1) is 0 Å². The molecule has 0 N–H and O–H groups in total. The number of sulfonamides is 1. The van der Waals surface area contributed by atoms with Crippen LogP contribution in [0.5, 0.6) is 0 Å². The third-order valence-electron chi connectivity index (χ3n) is 4.73. The molecule has 2 aromatic rings. The number of benzene rings is 2. The molecule has 0 bridgehead atoms. The summed E-state index contributed by atoms with van der Waals surface area (Å²) in [6, 6.07) is 13.1. The van der Waals surface area contributed by atoms with Crippen LogP contribution in [0.3, 0.4) is 0 Å². The number of rotatable bonds is 5. The van der Waals surface area contributed by atoms with Crippen LogP contribution in [0.25, 0.3) is 0 Å². The van der Waals surface area contributed by atoms with Gasteiger partial charge in [0.2, 0.25) is 5.91 Å². The van der Waals surface area contributed by atoms with Gasteiger partial charge in [0.05, 0.1) is 10.6 Å². The molecule has 1 aliphatic heterocycles. The van der Waals surface area contributed by atoms with Crippen LogP contribution in [-0.4, -0.2) is 38.9 Å². The number of likely N-dealkylation sites (tertiary alicyclic amines) is 1. The van der Waals surface area contributed by atoms with Gasteiger partial charge in [-0.25, -0.2) is 12.8 Å². The molecule has 0 aliphatic carbocycles. The van der Waals surface area contributed by atoms with E-state index in [1.807, 2.05) is 0 Å². The Hall–Kier alpha value is -2.41. The van der Waals surface area contributed by atoms with Gasteiger partial charge in [0.15, 0.2) is 0 Å². The summed E-state index contributed by atoms with van der Waals surface area (Å²) in [6.07, 6.45) is 1.97. The van der Waals surface area contributed by atoms with E-state index in [0.29, 0.717) is 19.0 Å². The van der Waals surface area contributed by atoms with Crippen molar-refractivity contribution < 1.29 is 17.6 Å². The summed E-state index contributed by atoms with van der Waals surface area (Å²) in [5, 5.41) is 0. The zero-order valence-electron chi connectivity index (χ0n) is 15.2. The lowest BCUT2D eigenvalue weighted by molar-refractivity contribution is -0.131. The Bertz CT molecular complexity index is 885. The van der Waals surface area contributed by atoms with Crippen LogP contribution in [0.4, 0.5) is 10.1 Å². The van der Waals surface area contributed by atoms with Gasteiger partial charge in [-0.2, -0.15) is 0 Å². The molecule has 1 amide bonds. The fraction of sp³-hybridized carbons (Fsp3) is 0.350. The maximum absolute atomic E-state index is 13.3. The van der Waals surface area contributed by atoms with Crippen LogP contribution in [0.15, 0.2) is 59.5 Å². The molecule has 1 atom stereocenters. The Morgan fingerprint density at radius 1 is 1.15 bits per heavy atom. The highest BCUT2D eigenvalue weighted by molar-refractivity contribution is 7.92. The smallest absolute Gasteiger partial charge is 0.264 e. The van der Waals surface area contributed by atoms with Gasteiger partial charge in [0.1, 0.15) is 12.4 Å². The lowest BCUT2D eigenvalue weighted by atomic mass is 10.0. The number of piperidine rings is 1. The minimum atomic E-state index is -3.95. The molecule has 0 aromatic heterocycles. The van der Waals surface area contributed by atoms with Crippen molar-refractivity contribution in [1.82, 2.24) is 4.90 Å². The molecular formula is C20H23FN2O3S. The van der Waals surface area contributed by atoms with E-state index in [-0.39, 0.29) is 23.0 Å². The predicted octanol–water partition coefficient (Wildman–Crippen LogP) is 3.28. The van der Waals surface area contributed by atoms with Crippen molar-refractivity contribution in [3.05, 3.63) is 60.4 Å². The zero-order chi connectivity index (χ0) is 19.4. The third-order valence-corrected chi connectivity index (χ3v) is 6.52. The molecule has 0 spiro atoms. The zero-order valence-corrected chi connectivity index (χ0v) is 16.0. The van der Waals surface area contributed by atoms with E-state index in [9.17, 15) is 17.6 Å². The first-order valence-corrected chi connectivity index (χ1v) is 10.4. The molecule has 1 heterocycles. The molecule has 144 valence electrons. The molecule has 7 heteroatoms. The van der Waals surface area contributed by atoms with Crippen molar-refractivity contribution in [3.8, 4) is 0 Å². The maximum atomic E-state index is 13.3. The van der Waals surface area contributed by atoms with E-state index in [4.69, 9.17) is 0 Å². The summed E-state index contributed by atoms with van der Waals surface area (Å²) in [5.74, 6) is -0.315. The third kappa shape index (κ3) is 4.47. The Labute approximate surface area is 159 Å². The second-order valence-corrected chi connectivity index (χ2v) is 8.75. The molecule has 5 nitrogen and oxygen atoms in total. The van der Waals surface area contributed by atoms with Gasteiger partial charge in [-0.3, -0.25) is 9.10 Å². The highest BCUT2D eigenvalue weighted by Gasteiger charge is 2.30. The minimum absolute atomic E-state index is 0.0918. The second-order valence-electron chi connectivity index (χ2n) is 6.89. The average molecular weight is 390 g/mol. The Kier molecular flexibility index (Phi) is 5.79. The van der Waals surface area contributed by atoms with Crippen LogP contribution in [0, 0.1) is 11.7 Å². The summed E-state index contributed by atoms with van der Waals surface area (Å²) < 4.78 is 40.7. The molecule has 0 unspecified atom stereocenters. The summed E-state index contributed by atoms with van der Waals surface area (Å²) in [6.45, 7) is 3.03. The molecule has 0 radical (unpaired) electrons. The highest BCUT2D eigenvalue weighted by Crippen LogP contribution is 2.25. The monoisotopic (exact) mass is 390 g/mol. The summed E-state index contributed by atoms with van der Waals surface area (Å²) in [4.78, 5) is 14.6. The Morgan fingerprint density at radius 3 is 2.44 bits per heavy atom. The van der Waals surface area contributed by atoms with Crippen molar-refractivity contribution in [3.63, 3.8) is 0 Å². The molecule has 1 fully saturated rings. The fourth-order valence-electron chi connectivity index (χ4n) is 3.28. The number of amides is 1.